The number of rotatable bonds is 5. The van der Waals surface area contributed by atoms with Crippen LogP contribution in [0.5, 0.6) is 0 Å². The van der Waals surface area contributed by atoms with E-state index in [1.165, 1.54) is 29.0 Å². The van der Waals surface area contributed by atoms with Crippen molar-refractivity contribution in [1.29, 1.82) is 5.26 Å². The summed E-state index contributed by atoms with van der Waals surface area (Å²) < 4.78 is 13.0. The molecule has 0 spiro atoms. The van der Waals surface area contributed by atoms with E-state index in [9.17, 15) is 9.65 Å². The molecule has 1 aromatic heterocycles. The first-order chi connectivity index (χ1) is 14.2. The van der Waals surface area contributed by atoms with E-state index in [1.54, 1.807) is 18.3 Å². The summed E-state index contributed by atoms with van der Waals surface area (Å²) in [7, 11) is 0. The molecule has 140 valence electrons. The van der Waals surface area contributed by atoms with E-state index >= 15 is 0 Å². The quantitative estimate of drug-likeness (QED) is 0.386. The van der Waals surface area contributed by atoms with E-state index in [1.807, 2.05) is 35.7 Å². The lowest BCUT2D eigenvalue weighted by atomic mass is 10.0. The highest BCUT2D eigenvalue weighted by molar-refractivity contribution is 7.11. The van der Waals surface area contributed by atoms with Gasteiger partial charge in [0.25, 0.3) is 0 Å². The van der Waals surface area contributed by atoms with Gasteiger partial charge in [-0.25, -0.2) is 9.37 Å². The van der Waals surface area contributed by atoms with Crippen LogP contribution in [0.3, 0.4) is 0 Å². The first-order valence-corrected chi connectivity index (χ1v) is 9.85. The van der Waals surface area contributed by atoms with E-state index < -0.39 is 0 Å². The van der Waals surface area contributed by atoms with Gasteiger partial charge in [0.15, 0.2) is 0 Å². The average Bonchev–Trinajstić information content (AvgIpc) is 3.26. The van der Waals surface area contributed by atoms with E-state index in [0.717, 1.165) is 16.8 Å². The molecule has 0 saturated carbocycles. The second-order valence-corrected chi connectivity index (χ2v) is 7.16. The van der Waals surface area contributed by atoms with Crippen LogP contribution in [0.15, 0.2) is 90.4 Å². The predicted octanol–water partition coefficient (Wildman–Crippen LogP) is 6.59. The molecule has 0 amide bonds. The summed E-state index contributed by atoms with van der Waals surface area (Å²) in [6.07, 6.45) is 1.59. The maximum absolute atomic E-state index is 13.0. The molecule has 1 heterocycles. The van der Waals surface area contributed by atoms with Gasteiger partial charge in [-0.15, -0.1) is 11.3 Å². The minimum atomic E-state index is -0.303. The van der Waals surface area contributed by atoms with Crippen molar-refractivity contribution in [2.45, 2.75) is 0 Å². The smallest absolute Gasteiger partial charge is 0.136 e. The Morgan fingerprint density at radius 3 is 2.24 bits per heavy atom. The predicted molar refractivity (Wildman–Crippen MR) is 117 cm³/mol. The lowest BCUT2D eigenvalue weighted by Gasteiger charge is -2.03. The van der Waals surface area contributed by atoms with E-state index in [4.69, 9.17) is 0 Å². The largest absolute Gasteiger partial charge is 0.360 e. The van der Waals surface area contributed by atoms with Gasteiger partial charge in [0.05, 0.1) is 5.69 Å². The van der Waals surface area contributed by atoms with Gasteiger partial charge in [-0.05, 0) is 35.4 Å². The molecule has 3 aromatic carbocycles. The molecule has 4 rings (SSSR count). The molecule has 0 saturated heterocycles. The van der Waals surface area contributed by atoms with Crippen LogP contribution in [0.25, 0.3) is 28.0 Å². The van der Waals surface area contributed by atoms with Crippen LogP contribution in [0.1, 0.15) is 5.01 Å². The van der Waals surface area contributed by atoms with Gasteiger partial charge in [0.1, 0.15) is 22.5 Å². The first-order valence-electron chi connectivity index (χ1n) is 8.97. The highest BCUT2D eigenvalue weighted by Gasteiger charge is 2.09. The summed E-state index contributed by atoms with van der Waals surface area (Å²) in [5, 5.41) is 15.1. The summed E-state index contributed by atoms with van der Waals surface area (Å²) in [4.78, 5) is 4.61. The van der Waals surface area contributed by atoms with Crippen LogP contribution in [-0.4, -0.2) is 4.98 Å². The average molecular weight is 397 g/mol. The van der Waals surface area contributed by atoms with Crippen LogP contribution in [0, 0.1) is 17.1 Å². The van der Waals surface area contributed by atoms with Crippen molar-refractivity contribution < 1.29 is 4.39 Å². The maximum atomic E-state index is 13.0. The van der Waals surface area contributed by atoms with Crippen molar-refractivity contribution in [2.24, 2.45) is 0 Å². The standard InChI is InChI=1S/C24H16FN3S/c25-21-10-12-22(13-11-21)27-15-20(14-26)24-28-23(16-29-24)19-8-6-18(7-9-19)17-4-2-1-3-5-17/h1-13,15-16,27H/b20-15-. The Balaban J connectivity index is 1.53. The second kappa shape index (κ2) is 8.51. The zero-order valence-corrected chi connectivity index (χ0v) is 16.2. The van der Waals surface area contributed by atoms with Gasteiger partial charge in [0, 0.05) is 22.8 Å². The number of hydrogen-bond donors (Lipinski definition) is 1. The summed E-state index contributed by atoms with van der Waals surface area (Å²) >= 11 is 1.41. The number of nitrogens with zero attached hydrogens (tertiary/aromatic N) is 2. The van der Waals surface area contributed by atoms with Gasteiger partial charge >= 0.3 is 0 Å². The number of nitrogens with one attached hydrogen (secondary N) is 1. The fourth-order valence-electron chi connectivity index (χ4n) is 2.84. The second-order valence-electron chi connectivity index (χ2n) is 6.30. The molecule has 0 aliphatic heterocycles. The van der Waals surface area contributed by atoms with Gasteiger partial charge in [-0.3, -0.25) is 0 Å². The Kier molecular flexibility index (Phi) is 5.46. The normalized spacial score (nSPS) is 11.1. The molecule has 0 bridgehead atoms. The minimum absolute atomic E-state index is 0.303. The maximum Gasteiger partial charge on any atom is 0.136 e. The molecule has 0 radical (unpaired) electrons. The Morgan fingerprint density at radius 2 is 1.55 bits per heavy atom. The van der Waals surface area contributed by atoms with Crippen LogP contribution in [0.4, 0.5) is 10.1 Å². The Hall–Kier alpha value is -3.75. The Labute approximate surface area is 172 Å². The van der Waals surface area contributed by atoms with E-state index in [2.05, 4.69) is 40.6 Å². The third kappa shape index (κ3) is 4.40. The molecular weight excluding hydrogens is 381 g/mol. The Bertz CT molecular complexity index is 1170. The molecule has 0 fully saturated rings. The van der Waals surface area contributed by atoms with Crippen LogP contribution < -0.4 is 5.32 Å². The van der Waals surface area contributed by atoms with Gasteiger partial charge in [-0.1, -0.05) is 54.6 Å². The van der Waals surface area contributed by atoms with Crippen LogP contribution >= 0.6 is 11.3 Å². The van der Waals surface area contributed by atoms with Crippen LogP contribution in [0.2, 0.25) is 0 Å². The highest BCUT2D eigenvalue weighted by Crippen LogP contribution is 2.28. The molecule has 29 heavy (non-hydrogen) atoms. The molecule has 0 aliphatic carbocycles. The third-order valence-electron chi connectivity index (χ3n) is 4.37. The van der Waals surface area contributed by atoms with Crippen molar-refractivity contribution in [3.63, 3.8) is 0 Å². The zero-order valence-electron chi connectivity index (χ0n) is 15.3. The number of benzene rings is 3. The van der Waals surface area contributed by atoms with Gasteiger partial charge in [0.2, 0.25) is 0 Å². The number of nitriles is 1. The number of halogens is 1. The highest BCUT2D eigenvalue weighted by atomic mass is 32.1. The molecule has 3 nitrogen and oxygen atoms in total. The van der Waals surface area contributed by atoms with E-state index in [0.29, 0.717) is 16.3 Å². The van der Waals surface area contributed by atoms with Crippen molar-refractivity contribution in [2.75, 3.05) is 5.32 Å². The summed E-state index contributed by atoms with van der Waals surface area (Å²) in [6.45, 7) is 0. The number of hydrogen-bond acceptors (Lipinski definition) is 4. The van der Waals surface area contributed by atoms with E-state index in [-0.39, 0.29) is 5.82 Å². The molecule has 0 aliphatic rings. The summed E-state index contributed by atoms with van der Waals surface area (Å²) in [5.41, 5.74) is 5.26. The monoisotopic (exact) mass is 397 g/mol. The molecule has 4 aromatic rings. The summed E-state index contributed by atoms with van der Waals surface area (Å²) in [5.74, 6) is -0.303. The number of allylic oxidation sites excluding steroid dienone is 1. The van der Waals surface area contributed by atoms with Gasteiger partial charge < -0.3 is 5.32 Å². The summed E-state index contributed by atoms with van der Waals surface area (Å²) in [6, 6.07) is 26.5. The zero-order chi connectivity index (χ0) is 20.1. The fourth-order valence-corrected chi connectivity index (χ4v) is 3.63. The lowest BCUT2D eigenvalue weighted by molar-refractivity contribution is 0.628. The topological polar surface area (TPSA) is 48.7 Å². The molecule has 0 unspecified atom stereocenters. The van der Waals surface area contributed by atoms with Gasteiger partial charge in [-0.2, -0.15) is 5.26 Å². The van der Waals surface area contributed by atoms with Crippen molar-refractivity contribution in [3.05, 3.63) is 101 Å². The third-order valence-corrected chi connectivity index (χ3v) is 5.25. The van der Waals surface area contributed by atoms with Crippen molar-refractivity contribution in [3.8, 4) is 28.5 Å². The number of anilines is 1. The van der Waals surface area contributed by atoms with Crippen molar-refractivity contribution in [1.82, 2.24) is 4.98 Å². The van der Waals surface area contributed by atoms with Crippen LogP contribution in [-0.2, 0) is 0 Å². The fraction of sp³-hybridized carbons (Fsp3) is 0. The number of thiazole rings is 1. The molecule has 0 atom stereocenters. The lowest BCUT2D eigenvalue weighted by Crippen LogP contribution is -1.91. The first kappa shape index (κ1) is 18.6. The molecule has 1 N–H and O–H groups in total. The Morgan fingerprint density at radius 1 is 0.897 bits per heavy atom. The SMILES string of the molecule is N#C/C(=C/Nc1ccc(F)cc1)c1nc(-c2ccc(-c3ccccc3)cc2)cs1. The molecule has 5 heteroatoms. The van der Waals surface area contributed by atoms with Crippen molar-refractivity contribution >= 4 is 22.6 Å². The molecular formula is C24H16FN3S. The minimum Gasteiger partial charge on any atom is -0.360 e. The number of aromatic nitrogens is 1.